The van der Waals surface area contributed by atoms with Crippen molar-refractivity contribution < 1.29 is 24.3 Å². The summed E-state index contributed by atoms with van der Waals surface area (Å²) < 4.78 is 15.3. The first-order valence-electron chi connectivity index (χ1n) is 11.6. The molecule has 2 heterocycles. The Morgan fingerprint density at radius 1 is 1.33 bits per heavy atom. The van der Waals surface area contributed by atoms with E-state index in [9.17, 15) is 19.9 Å². The van der Waals surface area contributed by atoms with Crippen LogP contribution in [0, 0.1) is 23.6 Å². The Morgan fingerprint density at radius 2 is 2.03 bits per heavy atom. The molecule has 1 atom stereocenters. The van der Waals surface area contributed by atoms with Gasteiger partial charge in [0.2, 0.25) is 12.3 Å². The topological polar surface area (TPSA) is 119 Å². The number of β-amino-alcohol motifs (C(OH)–C–C–N with tert-alkyl or cyclic N) is 1. The summed E-state index contributed by atoms with van der Waals surface area (Å²) in [6.45, 7) is 0.453. The van der Waals surface area contributed by atoms with Gasteiger partial charge < -0.3 is 15.3 Å². The number of carbonyl (C=O) groups is 2. The highest BCUT2D eigenvalue weighted by Gasteiger charge is 2.53. The lowest BCUT2D eigenvalue weighted by atomic mass is 9.89. The van der Waals surface area contributed by atoms with Crippen molar-refractivity contribution in [2.75, 3.05) is 30.8 Å². The van der Waals surface area contributed by atoms with E-state index < -0.39 is 17.3 Å². The predicted octanol–water partition coefficient (Wildman–Crippen LogP) is 1.96. The molecule has 9 nitrogen and oxygen atoms in total. The molecule has 3 N–H and O–H groups in total. The number of halogens is 1. The van der Waals surface area contributed by atoms with Crippen molar-refractivity contribution in [1.29, 1.82) is 0 Å². The Balaban J connectivity index is 1.43. The maximum absolute atomic E-state index is 15.3. The highest BCUT2D eigenvalue weighted by atomic mass is 32.2. The molecular weight excluding hydrogens is 449 g/mol. The van der Waals surface area contributed by atoms with Crippen LogP contribution >= 0.6 is 11.8 Å². The Labute approximate surface area is 197 Å². The predicted molar refractivity (Wildman–Crippen MR) is 120 cm³/mol. The van der Waals surface area contributed by atoms with Crippen LogP contribution in [0.3, 0.4) is 0 Å². The Bertz CT molecular complexity index is 875. The summed E-state index contributed by atoms with van der Waals surface area (Å²) in [6.07, 6.45) is 8.94. The lowest BCUT2D eigenvalue weighted by Gasteiger charge is -2.47. The number of amides is 2. The number of hydroxylamine groups is 2. The van der Waals surface area contributed by atoms with Crippen LogP contribution in [0.1, 0.15) is 50.6 Å². The smallest absolute Gasteiger partial charge is 0.233 e. The number of anilines is 1. The molecule has 0 aromatic carbocycles. The number of hydrogen-bond acceptors (Lipinski definition) is 8. The summed E-state index contributed by atoms with van der Waals surface area (Å²) in [7, 11) is 0. The molecule has 4 rings (SSSR count). The van der Waals surface area contributed by atoms with Gasteiger partial charge in [-0.25, -0.2) is 19.4 Å². The van der Waals surface area contributed by atoms with Crippen LogP contribution in [0.25, 0.3) is 0 Å². The quantitative estimate of drug-likeness (QED) is 0.144. The molecule has 0 bridgehead atoms. The zero-order valence-corrected chi connectivity index (χ0v) is 19.7. The van der Waals surface area contributed by atoms with E-state index in [0.29, 0.717) is 35.6 Å². The fourth-order valence-electron chi connectivity index (χ4n) is 5.02. The van der Waals surface area contributed by atoms with Crippen LogP contribution in [0.2, 0.25) is 0 Å². The molecule has 182 valence electrons. The van der Waals surface area contributed by atoms with E-state index in [-0.39, 0.29) is 42.8 Å². The van der Waals surface area contributed by atoms with Gasteiger partial charge in [-0.05, 0) is 37.4 Å². The van der Waals surface area contributed by atoms with E-state index in [1.807, 2.05) is 0 Å². The van der Waals surface area contributed by atoms with Gasteiger partial charge in [-0.1, -0.05) is 37.4 Å². The molecular formula is C22H32FN5O4S. The van der Waals surface area contributed by atoms with Crippen molar-refractivity contribution in [3.05, 3.63) is 11.5 Å². The van der Waals surface area contributed by atoms with Crippen LogP contribution in [-0.4, -0.2) is 69.2 Å². The van der Waals surface area contributed by atoms with Gasteiger partial charge in [0, 0.05) is 0 Å². The number of aromatic nitrogens is 2. The Morgan fingerprint density at radius 3 is 2.64 bits per heavy atom. The second-order valence-electron chi connectivity index (χ2n) is 9.56. The van der Waals surface area contributed by atoms with E-state index >= 15 is 4.39 Å². The maximum Gasteiger partial charge on any atom is 0.233 e. The molecule has 33 heavy (non-hydrogen) atoms. The van der Waals surface area contributed by atoms with Crippen LogP contribution in [0.4, 0.5) is 10.2 Å². The summed E-state index contributed by atoms with van der Waals surface area (Å²) in [5, 5.41) is 23.9. The minimum atomic E-state index is -0.770. The first kappa shape index (κ1) is 24.2. The highest BCUT2D eigenvalue weighted by molar-refractivity contribution is 7.98. The molecule has 3 fully saturated rings. The number of thioether (sulfide) groups is 1. The number of nitrogens with one attached hydrogen (secondary N) is 1. The molecule has 1 aliphatic heterocycles. The van der Waals surface area contributed by atoms with Crippen molar-refractivity contribution >= 4 is 29.9 Å². The van der Waals surface area contributed by atoms with Gasteiger partial charge in [0.05, 0.1) is 32.1 Å². The average Bonchev–Trinajstić information content (AvgIpc) is 3.53. The molecule has 2 aliphatic carbocycles. The van der Waals surface area contributed by atoms with Crippen molar-refractivity contribution in [3.8, 4) is 0 Å². The molecule has 3 aliphatic rings. The molecule has 1 saturated heterocycles. The van der Waals surface area contributed by atoms with Gasteiger partial charge in [-0.15, -0.1) is 0 Å². The molecule has 2 amide bonds. The van der Waals surface area contributed by atoms with Gasteiger partial charge in [0.25, 0.3) is 0 Å². The first-order valence-corrected chi connectivity index (χ1v) is 12.8. The van der Waals surface area contributed by atoms with Crippen molar-refractivity contribution in [2.45, 2.75) is 62.2 Å². The highest BCUT2D eigenvalue weighted by Crippen LogP contribution is 2.46. The molecule has 0 spiro atoms. The maximum atomic E-state index is 15.3. The third kappa shape index (κ3) is 5.58. The van der Waals surface area contributed by atoms with E-state index in [0.717, 1.165) is 38.5 Å². The second-order valence-corrected chi connectivity index (χ2v) is 10.3. The third-order valence-electron chi connectivity index (χ3n) is 7.05. The fourth-order valence-corrected chi connectivity index (χ4v) is 5.40. The van der Waals surface area contributed by atoms with Crippen LogP contribution in [0.5, 0.6) is 0 Å². The number of aliphatic hydroxyl groups is 1. The molecule has 11 heteroatoms. The largest absolute Gasteiger partial charge is 0.386 e. The Kier molecular flexibility index (Phi) is 7.40. The minimum absolute atomic E-state index is 0.0791. The van der Waals surface area contributed by atoms with Crippen LogP contribution in [-0.2, 0) is 16.1 Å². The summed E-state index contributed by atoms with van der Waals surface area (Å²) >= 11 is 1.28. The monoisotopic (exact) mass is 481 g/mol. The summed E-state index contributed by atoms with van der Waals surface area (Å²) in [6, 6.07) is 0. The average molecular weight is 482 g/mol. The third-order valence-corrected chi connectivity index (χ3v) is 7.60. The zero-order valence-electron chi connectivity index (χ0n) is 18.9. The summed E-state index contributed by atoms with van der Waals surface area (Å²) in [5.41, 5.74) is -0.691. The van der Waals surface area contributed by atoms with E-state index in [1.54, 1.807) is 11.2 Å². The summed E-state index contributed by atoms with van der Waals surface area (Å²) in [4.78, 5) is 34.0. The lowest BCUT2D eigenvalue weighted by Crippen LogP contribution is -2.63. The molecule has 0 radical (unpaired) electrons. The number of rotatable bonds is 11. The fraction of sp³-hybridized carbons (Fsp3) is 0.727. The lowest BCUT2D eigenvalue weighted by molar-refractivity contribution is -0.155. The van der Waals surface area contributed by atoms with Gasteiger partial charge >= 0.3 is 0 Å². The molecule has 1 aromatic rings. The van der Waals surface area contributed by atoms with Crippen molar-refractivity contribution in [1.82, 2.24) is 20.3 Å². The molecule has 2 saturated carbocycles. The van der Waals surface area contributed by atoms with E-state index in [4.69, 9.17) is 0 Å². The number of nitrogens with zero attached hydrogens (tertiary/aromatic N) is 4. The van der Waals surface area contributed by atoms with Gasteiger partial charge in [-0.3, -0.25) is 14.8 Å². The van der Waals surface area contributed by atoms with E-state index in [1.165, 1.54) is 11.8 Å². The van der Waals surface area contributed by atoms with Gasteiger partial charge in [0.15, 0.2) is 16.8 Å². The standard InChI is InChI=1S/C22H32FN5O4S/c1-33-21-25-17(18(23)19(26-21)27-11-22(31,12-27)16-6-7-16)9-24-20(30)15(10-28(32)13-29)8-14-4-2-3-5-14/h13-16,31-32H,2-12H2,1H3,(H,24,30)/t15-/m1/s1. The molecule has 0 unspecified atom stereocenters. The van der Waals surface area contributed by atoms with Crippen molar-refractivity contribution in [2.24, 2.45) is 17.8 Å². The minimum Gasteiger partial charge on any atom is -0.386 e. The first-order chi connectivity index (χ1) is 15.8. The SMILES string of the molecule is CSc1nc(CNC(=O)[C@H](CC2CCCC2)CN(O)C=O)c(F)c(N2CC(O)(C3CC3)C2)n1. The number of hydrogen-bond donors (Lipinski definition) is 3. The Hall–Kier alpha value is -1.98. The van der Waals surface area contributed by atoms with Crippen LogP contribution < -0.4 is 10.2 Å². The van der Waals surface area contributed by atoms with Crippen molar-refractivity contribution in [3.63, 3.8) is 0 Å². The number of carbonyl (C=O) groups excluding carboxylic acids is 2. The van der Waals surface area contributed by atoms with Crippen LogP contribution in [0.15, 0.2) is 5.16 Å². The van der Waals surface area contributed by atoms with Gasteiger partial charge in [-0.2, -0.15) is 0 Å². The van der Waals surface area contributed by atoms with Gasteiger partial charge in [0.1, 0.15) is 11.3 Å². The molecule has 1 aromatic heterocycles. The summed E-state index contributed by atoms with van der Waals surface area (Å²) in [5.74, 6) is -0.727. The van der Waals surface area contributed by atoms with E-state index in [2.05, 4.69) is 15.3 Å². The zero-order chi connectivity index (χ0) is 23.6. The second kappa shape index (κ2) is 10.1. The normalized spacial score (nSPS) is 20.9.